The molecule has 30 heavy (non-hydrogen) atoms. The summed E-state index contributed by atoms with van der Waals surface area (Å²) in [6.45, 7) is 0. The number of hydrogen-bond acceptors (Lipinski definition) is 5. The SMILES string of the molecule is O=C(N[C@@H](c1ccc(C(F)(F)F)cc1)c1ncccc1F)c1ccn2nnnc2c1. The van der Waals surface area contributed by atoms with Gasteiger partial charge < -0.3 is 5.32 Å². The van der Waals surface area contributed by atoms with Gasteiger partial charge in [-0.15, -0.1) is 5.10 Å². The second-order valence-electron chi connectivity index (χ2n) is 6.29. The molecule has 0 aliphatic carbocycles. The highest BCUT2D eigenvalue weighted by Crippen LogP contribution is 2.31. The quantitative estimate of drug-likeness (QED) is 0.517. The third kappa shape index (κ3) is 3.81. The number of aromatic nitrogens is 5. The number of carbonyl (C=O) groups is 1. The fraction of sp³-hybridized carbons (Fsp3) is 0.105. The number of rotatable bonds is 4. The summed E-state index contributed by atoms with van der Waals surface area (Å²) in [4.78, 5) is 16.8. The van der Waals surface area contributed by atoms with Gasteiger partial charge in [0.15, 0.2) is 5.65 Å². The van der Waals surface area contributed by atoms with Gasteiger partial charge in [0.05, 0.1) is 11.6 Å². The minimum Gasteiger partial charge on any atom is -0.339 e. The van der Waals surface area contributed by atoms with E-state index < -0.39 is 29.5 Å². The average Bonchev–Trinajstić information content (AvgIpc) is 3.20. The molecule has 0 unspecified atom stereocenters. The summed E-state index contributed by atoms with van der Waals surface area (Å²) in [6, 6.07) is 8.36. The zero-order valence-corrected chi connectivity index (χ0v) is 15.0. The third-order valence-electron chi connectivity index (χ3n) is 4.37. The molecule has 3 aromatic heterocycles. The molecule has 0 spiro atoms. The van der Waals surface area contributed by atoms with Crippen LogP contribution in [0.4, 0.5) is 17.6 Å². The fourth-order valence-corrected chi connectivity index (χ4v) is 2.88. The predicted molar refractivity (Wildman–Crippen MR) is 95.7 cm³/mol. The summed E-state index contributed by atoms with van der Waals surface area (Å²) in [5.41, 5.74) is -0.249. The van der Waals surface area contributed by atoms with Crippen LogP contribution in [0.2, 0.25) is 0 Å². The van der Waals surface area contributed by atoms with Gasteiger partial charge in [-0.3, -0.25) is 9.78 Å². The molecule has 1 aromatic carbocycles. The van der Waals surface area contributed by atoms with Crippen LogP contribution in [0.25, 0.3) is 5.65 Å². The molecule has 0 fully saturated rings. The van der Waals surface area contributed by atoms with Gasteiger partial charge in [0.25, 0.3) is 5.91 Å². The third-order valence-corrected chi connectivity index (χ3v) is 4.37. The van der Waals surface area contributed by atoms with Crippen LogP contribution in [0.5, 0.6) is 0 Å². The predicted octanol–water partition coefficient (Wildman–Crippen LogP) is 3.20. The summed E-state index contributed by atoms with van der Waals surface area (Å²) in [7, 11) is 0. The summed E-state index contributed by atoms with van der Waals surface area (Å²) < 4.78 is 54.4. The molecule has 0 radical (unpaired) electrons. The fourth-order valence-electron chi connectivity index (χ4n) is 2.88. The first-order valence-corrected chi connectivity index (χ1v) is 8.59. The van der Waals surface area contributed by atoms with Gasteiger partial charge in [-0.2, -0.15) is 13.2 Å². The number of alkyl halides is 3. The lowest BCUT2D eigenvalue weighted by atomic mass is 10.0. The zero-order chi connectivity index (χ0) is 21.3. The number of hydrogen-bond donors (Lipinski definition) is 1. The maximum atomic E-state index is 14.4. The Bertz CT molecular complexity index is 1210. The van der Waals surface area contributed by atoms with Crippen molar-refractivity contribution < 1.29 is 22.4 Å². The molecule has 1 amide bonds. The largest absolute Gasteiger partial charge is 0.416 e. The van der Waals surface area contributed by atoms with Crippen molar-refractivity contribution in [2.75, 3.05) is 0 Å². The summed E-state index contributed by atoms with van der Waals surface area (Å²) in [5, 5.41) is 13.5. The summed E-state index contributed by atoms with van der Waals surface area (Å²) in [6.07, 6.45) is -1.72. The van der Waals surface area contributed by atoms with Crippen molar-refractivity contribution in [2.24, 2.45) is 0 Å². The van der Waals surface area contributed by atoms with Crippen LogP contribution >= 0.6 is 0 Å². The highest BCUT2D eigenvalue weighted by molar-refractivity contribution is 5.95. The first-order chi connectivity index (χ1) is 14.3. The molecule has 1 atom stereocenters. The smallest absolute Gasteiger partial charge is 0.339 e. The maximum Gasteiger partial charge on any atom is 0.416 e. The molecule has 0 saturated carbocycles. The first-order valence-electron chi connectivity index (χ1n) is 8.59. The number of halogens is 4. The molecule has 0 bridgehead atoms. The normalized spacial score (nSPS) is 12.7. The second kappa shape index (κ2) is 7.50. The van der Waals surface area contributed by atoms with E-state index in [0.717, 1.165) is 18.2 Å². The number of nitrogens with zero attached hydrogens (tertiary/aromatic N) is 5. The lowest BCUT2D eigenvalue weighted by molar-refractivity contribution is -0.137. The molecule has 11 heteroatoms. The van der Waals surface area contributed by atoms with Crippen molar-refractivity contribution in [3.8, 4) is 0 Å². The monoisotopic (exact) mass is 416 g/mol. The van der Waals surface area contributed by atoms with Crippen molar-refractivity contribution in [3.05, 3.63) is 89.1 Å². The zero-order valence-electron chi connectivity index (χ0n) is 15.0. The van der Waals surface area contributed by atoms with Gasteiger partial charge in [-0.05, 0) is 52.4 Å². The number of tetrazole rings is 1. The minimum atomic E-state index is -4.52. The number of benzene rings is 1. The van der Waals surface area contributed by atoms with E-state index in [0.29, 0.717) is 5.65 Å². The van der Waals surface area contributed by atoms with Gasteiger partial charge in [0.1, 0.15) is 11.5 Å². The highest BCUT2D eigenvalue weighted by Gasteiger charge is 2.31. The maximum absolute atomic E-state index is 14.4. The van der Waals surface area contributed by atoms with Crippen molar-refractivity contribution >= 4 is 11.6 Å². The highest BCUT2D eigenvalue weighted by atomic mass is 19.4. The molecular weight excluding hydrogens is 404 g/mol. The van der Waals surface area contributed by atoms with Crippen LogP contribution in [0, 0.1) is 5.82 Å². The first kappa shape index (κ1) is 19.4. The topological polar surface area (TPSA) is 85.1 Å². The molecule has 4 rings (SSSR count). The molecule has 7 nitrogen and oxygen atoms in total. The van der Waals surface area contributed by atoms with Crippen molar-refractivity contribution in [3.63, 3.8) is 0 Å². The Morgan fingerprint density at radius 2 is 1.87 bits per heavy atom. The van der Waals surface area contributed by atoms with Gasteiger partial charge in [0, 0.05) is 18.0 Å². The molecule has 0 saturated heterocycles. The molecule has 3 heterocycles. The van der Waals surface area contributed by atoms with Crippen molar-refractivity contribution in [1.29, 1.82) is 0 Å². The van der Waals surface area contributed by atoms with Crippen LogP contribution in [0.1, 0.15) is 33.2 Å². The Morgan fingerprint density at radius 1 is 1.10 bits per heavy atom. The molecule has 0 aliphatic heterocycles. The Morgan fingerprint density at radius 3 is 2.57 bits per heavy atom. The van der Waals surface area contributed by atoms with Crippen LogP contribution < -0.4 is 5.32 Å². The molecule has 152 valence electrons. The number of nitrogens with one attached hydrogen (secondary N) is 1. The van der Waals surface area contributed by atoms with E-state index >= 15 is 0 Å². The van der Waals surface area contributed by atoms with E-state index in [2.05, 4.69) is 25.8 Å². The van der Waals surface area contributed by atoms with Gasteiger partial charge in [0.2, 0.25) is 0 Å². The Balaban J connectivity index is 1.70. The molecular formula is C19H12F4N6O. The van der Waals surface area contributed by atoms with E-state index in [-0.39, 0.29) is 16.8 Å². The molecule has 4 aromatic rings. The van der Waals surface area contributed by atoms with Gasteiger partial charge >= 0.3 is 6.18 Å². The van der Waals surface area contributed by atoms with Crippen LogP contribution in [0.15, 0.2) is 60.9 Å². The van der Waals surface area contributed by atoms with E-state index in [1.165, 1.54) is 47.2 Å². The average molecular weight is 416 g/mol. The van der Waals surface area contributed by atoms with E-state index in [9.17, 15) is 22.4 Å². The minimum absolute atomic E-state index is 0.129. The van der Waals surface area contributed by atoms with Gasteiger partial charge in [-0.25, -0.2) is 8.91 Å². The lowest BCUT2D eigenvalue weighted by Gasteiger charge is -2.20. The van der Waals surface area contributed by atoms with Crippen LogP contribution in [-0.4, -0.2) is 30.9 Å². The summed E-state index contributed by atoms with van der Waals surface area (Å²) >= 11 is 0. The number of carbonyl (C=O) groups excluding carboxylic acids is 1. The van der Waals surface area contributed by atoms with Crippen LogP contribution in [-0.2, 0) is 6.18 Å². The lowest BCUT2D eigenvalue weighted by Crippen LogP contribution is -2.30. The van der Waals surface area contributed by atoms with E-state index in [1.807, 2.05) is 0 Å². The van der Waals surface area contributed by atoms with Crippen LogP contribution in [0.3, 0.4) is 0 Å². The van der Waals surface area contributed by atoms with Gasteiger partial charge in [-0.1, -0.05) is 12.1 Å². The van der Waals surface area contributed by atoms with E-state index in [1.54, 1.807) is 0 Å². The Labute approximate surface area is 166 Å². The summed E-state index contributed by atoms with van der Waals surface area (Å²) in [5.74, 6) is -1.31. The standard InChI is InChI=1S/C19H12F4N6O/c20-14-2-1-8-24-17(14)16(11-3-5-13(6-4-11)19(21,22)23)25-18(30)12-7-9-29-15(10-12)26-27-28-29/h1-10,16H,(H,25,30)/t16-/m0/s1. The number of pyridine rings is 2. The number of fused-ring (bicyclic) bond motifs is 1. The Kier molecular flexibility index (Phi) is 4.86. The molecule has 1 N–H and O–H groups in total. The second-order valence-corrected chi connectivity index (χ2v) is 6.29. The molecule has 0 aliphatic rings. The Hall–Kier alpha value is -3.89. The van der Waals surface area contributed by atoms with Crippen molar-refractivity contribution in [2.45, 2.75) is 12.2 Å². The number of amides is 1. The van der Waals surface area contributed by atoms with E-state index in [4.69, 9.17) is 0 Å². The van der Waals surface area contributed by atoms with Crippen molar-refractivity contribution in [1.82, 2.24) is 30.3 Å².